The van der Waals surface area contributed by atoms with Crippen molar-refractivity contribution in [3.63, 3.8) is 0 Å². The fourth-order valence-corrected chi connectivity index (χ4v) is 2.29. The van der Waals surface area contributed by atoms with Crippen LogP contribution in [0.15, 0.2) is 28.7 Å². The van der Waals surface area contributed by atoms with Crippen LogP contribution < -0.4 is 5.32 Å². The maximum Gasteiger partial charge on any atom is 0.0791 e. The number of aliphatic hydroxyl groups excluding tert-OH is 1. The molecule has 0 aliphatic carbocycles. The first kappa shape index (κ1) is 16.6. The summed E-state index contributed by atoms with van der Waals surface area (Å²) >= 11 is 3.43. The Balaban J connectivity index is 2.37. The third-order valence-electron chi connectivity index (χ3n) is 3.39. The molecule has 0 amide bonds. The Bertz CT molecular complexity index is 352. The Morgan fingerprint density at radius 1 is 1.21 bits per heavy atom. The molecule has 0 spiro atoms. The molecule has 1 aromatic carbocycles. The van der Waals surface area contributed by atoms with E-state index in [1.807, 2.05) is 12.1 Å². The highest BCUT2D eigenvalue weighted by atomic mass is 79.9. The van der Waals surface area contributed by atoms with Crippen LogP contribution in [0.2, 0.25) is 0 Å². The van der Waals surface area contributed by atoms with Crippen molar-refractivity contribution in [3.05, 3.63) is 34.3 Å². The molecular weight excluding hydrogens is 304 g/mol. The molecule has 0 aliphatic rings. The van der Waals surface area contributed by atoms with E-state index in [1.54, 1.807) is 0 Å². The molecular formula is C15H25BrN2O. The third kappa shape index (κ3) is 6.04. The molecule has 0 saturated heterocycles. The van der Waals surface area contributed by atoms with E-state index in [1.165, 1.54) is 5.56 Å². The third-order valence-corrected chi connectivity index (χ3v) is 3.92. The predicted molar refractivity (Wildman–Crippen MR) is 84.4 cm³/mol. The van der Waals surface area contributed by atoms with Crippen LogP contribution in [0.4, 0.5) is 0 Å². The summed E-state index contributed by atoms with van der Waals surface area (Å²) in [5.41, 5.74) is 1.23. The highest BCUT2D eigenvalue weighted by Crippen LogP contribution is 2.16. The molecule has 0 aliphatic heterocycles. The molecule has 19 heavy (non-hydrogen) atoms. The van der Waals surface area contributed by atoms with Crippen molar-refractivity contribution >= 4 is 15.9 Å². The lowest BCUT2D eigenvalue weighted by Gasteiger charge is -2.23. The van der Waals surface area contributed by atoms with Crippen molar-refractivity contribution in [1.29, 1.82) is 0 Å². The molecule has 2 atom stereocenters. The average Bonchev–Trinajstić information content (AvgIpc) is 2.43. The number of rotatable bonds is 8. The summed E-state index contributed by atoms with van der Waals surface area (Å²) in [6, 6.07) is 8.52. The number of nitrogens with one attached hydrogen (secondary N) is 1. The van der Waals surface area contributed by atoms with Crippen molar-refractivity contribution in [1.82, 2.24) is 10.2 Å². The first-order chi connectivity index (χ1) is 9.06. The second-order valence-electron chi connectivity index (χ2n) is 4.82. The lowest BCUT2D eigenvalue weighted by molar-refractivity contribution is 0.114. The van der Waals surface area contributed by atoms with E-state index in [0.717, 1.165) is 24.1 Å². The van der Waals surface area contributed by atoms with Gasteiger partial charge >= 0.3 is 0 Å². The first-order valence-electron chi connectivity index (χ1n) is 6.96. The number of nitrogens with zero attached hydrogens (tertiary/aromatic N) is 1. The Morgan fingerprint density at radius 3 is 2.32 bits per heavy atom. The second-order valence-corrected chi connectivity index (χ2v) is 5.74. The van der Waals surface area contributed by atoms with Crippen molar-refractivity contribution in [2.75, 3.05) is 26.2 Å². The molecule has 0 heterocycles. The number of likely N-dealkylation sites (N-methyl/N-ethyl adjacent to an activating group) is 1. The minimum Gasteiger partial charge on any atom is -0.390 e. The number of hydrogen-bond acceptors (Lipinski definition) is 3. The summed E-state index contributed by atoms with van der Waals surface area (Å²) in [6.07, 6.45) is -0.321. The standard InChI is InChI=1S/C15H25BrN2O/c1-4-18(5-2)11-15(19)10-17-12(3)13-6-8-14(16)9-7-13/h6-9,12,15,17,19H,4-5,10-11H2,1-3H3. The van der Waals surface area contributed by atoms with Gasteiger partial charge in [0.2, 0.25) is 0 Å². The van der Waals surface area contributed by atoms with Gasteiger partial charge < -0.3 is 15.3 Å². The van der Waals surface area contributed by atoms with Gasteiger partial charge in [-0.25, -0.2) is 0 Å². The molecule has 0 bridgehead atoms. The monoisotopic (exact) mass is 328 g/mol. The highest BCUT2D eigenvalue weighted by molar-refractivity contribution is 9.10. The summed E-state index contributed by atoms with van der Waals surface area (Å²) in [5.74, 6) is 0. The summed E-state index contributed by atoms with van der Waals surface area (Å²) in [5, 5.41) is 13.4. The van der Waals surface area contributed by atoms with Crippen LogP contribution in [0, 0.1) is 0 Å². The van der Waals surface area contributed by atoms with Crippen LogP contribution in [0.3, 0.4) is 0 Å². The van der Waals surface area contributed by atoms with Crippen molar-refractivity contribution < 1.29 is 5.11 Å². The van der Waals surface area contributed by atoms with Gasteiger partial charge in [-0.2, -0.15) is 0 Å². The Kier molecular flexibility index (Phi) is 7.61. The quantitative estimate of drug-likeness (QED) is 0.770. The highest BCUT2D eigenvalue weighted by Gasteiger charge is 2.11. The van der Waals surface area contributed by atoms with Crippen LogP contribution >= 0.6 is 15.9 Å². The van der Waals surface area contributed by atoms with E-state index in [-0.39, 0.29) is 12.1 Å². The fraction of sp³-hybridized carbons (Fsp3) is 0.600. The van der Waals surface area contributed by atoms with Crippen LogP contribution in [-0.2, 0) is 0 Å². The van der Waals surface area contributed by atoms with Gasteiger partial charge in [0.1, 0.15) is 0 Å². The van der Waals surface area contributed by atoms with Gasteiger partial charge in [0.15, 0.2) is 0 Å². The summed E-state index contributed by atoms with van der Waals surface area (Å²) in [6.45, 7) is 9.67. The second kappa shape index (κ2) is 8.69. The zero-order valence-corrected chi connectivity index (χ0v) is 13.7. The SMILES string of the molecule is CCN(CC)CC(O)CNC(C)c1ccc(Br)cc1. The average molecular weight is 329 g/mol. The number of hydrogen-bond donors (Lipinski definition) is 2. The summed E-state index contributed by atoms with van der Waals surface area (Å²) < 4.78 is 1.09. The van der Waals surface area contributed by atoms with Gasteiger partial charge in [0.25, 0.3) is 0 Å². The summed E-state index contributed by atoms with van der Waals surface area (Å²) in [7, 11) is 0. The number of benzene rings is 1. The summed E-state index contributed by atoms with van der Waals surface area (Å²) in [4.78, 5) is 2.23. The van der Waals surface area contributed by atoms with E-state index in [4.69, 9.17) is 0 Å². The van der Waals surface area contributed by atoms with Crippen molar-refractivity contribution in [3.8, 4) is 0 Å². The normalized spacial score (nSPS) is 14.6. The molecule has 3 nitrogen and oxygen atoms in total. The zero-order valence-electron chi connectivity index (χ0n) is 12.1. The smallest absolute Gasteiger partial charge is 0.0791 e. The molecule has 0 saturated carbocycles. The molecule has 0 radical (unpaired) electrons. The molecule has 0 fully saturated rings. The molecule has 1 aromatic rings. The number of aliphatic hydroxyl groups is 1. The van der Waals surface area contributed by atoms with Gasteiger partial charge in [-0.3, -0.25) is 0 Å². The number of halogens is 1. The largest absolute Gasteiger partial charge is 0.390 e. The minimum atomic E-state index is -0.321. The van der Waals surface area contributed by atoms with E-state index in [0.29, 0.717) is 6.54 Å². The topological polar surface area (TPSA) is 35.5 Å². The molecule has 2 N–H and O–H groups in total. The maximum absolute atomic E-state index is 10.0. The molecule has 2 unspecified atom stereocenters. The van der Waals surface area contributed by atoms with Gasteiger partial charge in [0, 0.05) is 23.6 Å². The Hall–Kier alpha value is -0.420. The fourth-order valence-electron chi connectivity index (χ4n) is 2.03. The maximum atomic E-state index is 10.0. The van der Waals surface area contributed by atoms with E-state index >= 15 is 0 Å². The lowest BCUT2D eigenvalue weighted by Crippen LogP contribution is -2.38. The van der Waals surface area contributed by atoms with Crippen LogP contribution in [0.5, 0.6) is 0 Å². The van der Waals surface area contributed by atoms with Crippen LogP contribution in [-0.4, -0.2) is 42.3 Å². The Labute approximate surface area is 125 Å². The predicted octanol–water partition coefficient (Wildman–Crippen LogP) is 2.80. The van der Waals surface area contributed by atoms with Crippen molar-refractivity contribution in [2.45, 2.75) is 32.9 Å². The van der Waals surface area contributed by atoms with Crippen molar-refractivity contribution in [2.24, 2.45) is 0 Å². The lowest BCUT2D eigenvalue weighted by atomic mass is 10.1. The van der Waals surface area contributed by atoms with Crippen LogP contribution in [0.1, 0.15) is 32.4 Å². The molecule has 108 valence electrons. The zero-order chi connectivity index (χ0) is 14.3. The van der Waals surface area contributed by atoms with Gasteiger partial charge in [-0.1, -0.05) is 41.9 Å². The molecule has 1 rings (SSSR count). The first-order valence-corrected chi connectivity index (χ1v) is 7.75. The van der Waals surface area contributed by atoms with Gasteiger partial charge in [-0.05, 0) is 37.7 Å². The van der Waals surface area contributed by atoms with Gasteiger partial charge in [0.05, 0.1) is 6.10 Å². The van der Waals surface area contributed by atoms with Gasteiger partial charge in [-0.15, -0.1) is 0 Å². The Morgan fingerprint density at radius 2 is 1.79 bits per heavy atom. The van der Waals surface area contributed by atoms with E-state index in [2.05, 4.69) is 59.1 Å². The minimum absolute atomic E-state index is 0.249. The van der Waals surface area contributed by atoms with E-state index in [9.17, 15) is 5.11 Å². The van der Waals surface area contributed by atoms with Crippen LogP contribution in [0.25, 0.3) is 0 Å². The molecule has 4 heteroatoms. The van der Waals surface area contributed by atoms with E-state index < -0.39 is 0 Å². The molecule has 0 aromatic heterocycles.